The molecule has 0 aliphatic rings. The summed E-state index contributed by atoms with van der Waals surface area (Å²) in [6, 6.07) is 10.8. The topological polar surface area (TPSA) is 103 Å². The highest BCUT2D eigenvalue weighted by Crippen LogP contribution is 2.33. The van der Waals surface area contributed by atoms with Crippen LogP contribution in [0.3, 0.4) is 0 Å². The molecule has 0 amide bonds. The first-order valence-corrected chi connectivity index (χ1v) is 10.5. The van der Waals surface area contributed by atoms with Crippen LogP contribution < -0.4 is 10.0 Å². The van der Waals surface area contributed by atoms with Crippen molar-refractivity contribution in [1.82, 2.24) is 4.98 Å². The molecule has 3 aromatic rings. The third-order valence-corrected chi connectivity index (χ3v) is 6.74. The zero-order valence-corrected chi connectivity index (χ0v) is 16.6. The van der Waals surface area contributed by atoms with Gasteiger partial charge in [0.2, 0.25) is 5.13 Å². The molecule has 0 saturated heterocycles. The van der Waals surface area contributed by atoms with Crippen molar-refractivity contribution >= 4 is 60.0 Å². The Labute approximate surface area is 165 Å². The first kappa shape index (κ1) is 19.4. The summed E-state index contributed by atoms with van der Waals surface area (Å²) in [5.74, 6) is -0.672. The number of esters is 1. The molecule has 0 aliphatic carbocycles. The molecule has 1 heterocycles. The molecule has 0 bridgehead atoms. The Bertz CT molecular complexity index is 1080. The molecule has 0 aliphatic heterocycles. The Morgan fingerprint density at radius 3 is 2.63 bits per heavy atom. The van der Waals surface area contributed by atoms with Gasteiger partial charge in [0, 0.05) is 10.7 Å². The summed E-state index contributed by atoms with van der Waals surface area (Å²) < 4.78 is 32.9. The van der Waals surface area contributed by atoms with E-state index in [1.807, 2.05) is 0 Å². The second-order valence-electron chi connectivity index (χ2n) is 5.49. The third kappa shape index (κ3) is 4.15. The van der Waals surface area contributed by atoms with Gasteiger partial charge in [0.25, 0.3) is 10.0 Å². The number of halogens is 1. The second kappa shape index (κ2) is 7.71. The van der Waals surface area contributed by atoms with Crippen LogP contribution in [0.1, 0.15) is 6.92 Å². The average molecular weight is 426 g/mol. The van der Waals surface area contributed by atoms with Gasteiger partial charge in [-0.3, -0.25) is 4.79 Å². The molecule has 10 heteroatoms. The number of hydrogen-bond acceptors (Lipinski definition) is 7. The predicted octanol–water partition coefficient (Wildman–Crippen LogP) is 3.29. The average Bonchev–Trinajstić information content (AvgIpc) is 3.02. The molecule has 142 valence electrons. The zero-order chi connectivity index (χ0) is 19.6. The van der Waals surface area contributed by atoms with Gasteiger partial charge in [0.05, 0.1) is 21.7 Å². The molecular formula is C17H16ClN3O4S2. The minimum Gasteiger partial charge on any atom is -0.465 e. The van der Waals surface area contributed by atoms with E-state index in [1.165, 1.54) is 24.3 Å². The van der Waals surface area contributed by atoms with Gasteiger partial charge < -0.3 is 10.5 Å². The van der Waals surface area contributed by atoms with E-state index < -0.39 is 22.5 Å². The number of nitrogens with two attached hydrogens (primary N) is 1. The van der Waals surface area contributed by atoms with Gasteiger partial charge in [-0.1, -0.05) is 22.9 Å². The van der Waals surface area contributed by atoms with Crippen molar-refractivity contribution in [3.05, 3.63) is 47.5 Å². The maximum absolute atomic E-state index is 13.1. The molecule has 0 fully saturated rings. The fraction of sp³-hybridized carbons (Fsp3) is 0.176. The Morgan fingerprint density at radius 2 is 1.96 bits per heavy atom. The van der Waals surface area contributed by atoms with Crippen LogP contribution in [0.25, 0.3) is 10.2 Å². The number of anilines is 2. The van der Waals surface area contributed by atoms with Crippen LogP contribution in [0.4, 0.5) is 10.8 Å². The van der Waals surface area contributed by atoms with E-state index in [2.05, 4.69) is 4.98 Å². The van der Waals surface area contributed by atoms with Gasteiger partial charge in [-0.2, -0.15) is 0 Å². The molecule has 2 aromatic carbocycles. The van der Waals surface area contributed by atoms with Crippen molar-refractivity contribution in [2.45, 2.75) is 11.8 Å². The van der Waals surface area contributed by atoms with Crippen LogP contribution in [0.15, 0.2) is 47.4 Å². The number of benzene rings is 2. The molecule has 0 spiro atoms. The van der Waals surface area contributed by atoms with Crippen LogP contribution in [-0.4, -0.2) is 32.5 Å². The quantitative estimate of drug-likeness (QED) is 0.480. The highest BCUT2D eigenvalue weighted by molar-refractivity contribution is 7.93. The minimum absolute atomic E-state index is 0.00159. The van der Waals surface area contributed by atoms with Crippen LogP contribution in [0, 0.1) is 0 Å². The molecule has 0 radical (unpaired) electrons. The first-order chi connectivity index (χ1) is 12.8. The summed E-state index contributed by atoms with van der Waals surface area (Å²) in [4.78, 5) is 16.4. The van der Waals surface area contributed by atoms with Crippen molar-refractivity contribution in [3.63, 3.8) is 0 Å². The summed E-state index contributed by atoms with van der Waals surface area (Å²) in [7, 11) is -4.05. The van der Waals surface area contributed by atoms with Gasteiger partial charge in [-0.25, -0.2) is 17.7 Å². The standard InChI is InChI=1S/C17H16ClN3O4S2/c1-2-25-16(22)10-21(27(23,24)13-6-4-12(19)5-7-13)17-20-14-8-3-11(18)9-15(14)26-17/h3-9H,2,10,19H2,1H3. The summed E-state index contributed by atoms with van der Waals surface area (Å²) in [5.41, 5.74) is 6.65. The van der Waals surface area contributed by atoms with Gasteiger partial charge >= 0.3 is 5.97 Å². The number of ether oxygens (including phenoxy) is 1. The molecule has 0 atom stereocenters. The molecule has 1 aromatic heterocycles. The summed E-state index contributed by atoms with van der Waals surface area (Å²) in [5, 5.41) is 0.660. The largest absolute Gasteiger partial charge is 0.465 e. The lowest BCUT2D eigenvalue weighted by Gasteiger charge is -2.20. The molecule has 7 nitrogen and oxygen atoms in total. The number of sulfonamides is 1. The Hall–Kier alpha value is -2.36. The minimum atomic E-state index is -4.05. The number of rotatable bonds is 6. The highest BCUT2D eigenvalue weighted by atomic mass is 35.5. The lowest BCUT2D eigenvalue weighted by molar-refractivity contribution is -0.141. The van der Waals surface area contributed by atoms with E-state index in [9.17, 15) is 13.2 Å². The van der Waals surface area contributed by atoms with Crippen LogP contribution in [-0.2, 0) is 19.6 Å². The molecule has 2 N–H and O–H groups in total. The van der Waals surface area contributed by atoms with Gasteiger partial charge in [-0.05, 0) is 49.4 Å². The number of thiazole rings is 1. The number of hydrogen-bond donors (Lipinski definition) is 1. The van der Waals surface area contributed by atoms with Crippen molar-refractivity contribution < 1.29 is 17.9 Å². The zero-order valence-electron chi connectivity index (χ0n) is 14.3. The second-order valence-corrected chi connectivity index (χ2v) is 8.80. The van der Waals surface area contributed by atoms with Gasteiger partial charge in [0.15, 0.2) is 0 Å². The smallest absolute Gasteiger partial charge is 0.326 e. The van der Waals surface area contributed by atoms with Crippen molar-refractivity contribution in [3.8, 4) is 0 Å². The maximum Gasteiger partial charge on any atom is 0.326 e. The lowest BCUT2D eigenvalue weighted by Crippen LogP contribution is -2.36. The van der Waals surface area contributed by atoms with E-state index in [0.29, 0.717) is 20.9 Å². The summed E-state index contributed by atoms with van der Waals surface area (Å²) >= 11 is 7.12. The summed E-state index contributed by atoms with van der Waals surface area (Å²) in [6.07, 6.45) is 0. The normalized spacial score (nSPS) is 11.5. The van der Waals surface area contributed by atoms with E-state index >= 15 is 0 Å². The molecule has 0 saturated carbocycles. The van der Waals surface area contributed by atoms with Crippen molar-refractivity contribution in [1.29, 1.82) is 0 Å². The Balaban J connectivity index is 2.09. The van der Waals surface area contributed by atoms with E-state index in [1.54, 1.807) is 25.1 Å². The summed E-state index contributed by atoms with van der Waals surface area (Å²) in [6.45, 7) is 1.30. The van der Waals surface area contributed by atoms with Crippen LogP contribution >= 0.6 is 22.9 Å². The highest BCUT2D eigenvalue weighted by Gasteiger charge is 2.30. The van der Waals surface area contributed by atoms with E-state index in [-0.39, 0.29) is 16.6 Å². The molecule has 27 heavy (non-hydrogen) atoms. The number of aromatic nitrogens is 1. The fourth-order valence-corrected chi connectivity index (χ4v) is 5.15. The first-order valence-electron chi connectivity index (χ1n) is 7.91. The molecule has 3 rings (SSSR count). The van der Waals surface area contributed by atoms with Gasteiger partial charge in [-0.15, -0.1) is 0 Å². The van der Waals surface area contributed by atoms with Crippen molar-refractivity contribution in [2.75, 3.05) is 23.2 Å². The Kier molecular flexibility index (Phi) is 5.54. The van der Waals surface area contributed by atoms with Crippen LogP contribution in [0.5, 0.6) is 0 Å². The number of nitrogens with zero attached hydrogens (tertiary/aromatic N) is 2. The van der Waals surface area contributed by atoms with Crippen LogP contribution in [0.2, 0.25) is 5.02 Å². The number of carbonyl (C=O) groups is 1. The van der Waals surface area contributed by atoms with Crippen molar-refractivity contribution in [2.24, 2.45) is 0 Å². The SMILES string of the molecule is CCOC(=O)CN(c1nc2ccc(Cl)cc2s1)S(=O)(=O)c1ccc(N)cc1. The van der Waals surface area contributed by atoms with Gasteiger partial charge in [0.1, 0.15) is 6.54 Å². The third-order valence-electron chi connectivity index (χ3n) is 3.60. The fourth-order valence-electron chi connectivity index (χ4n) is 2.34. The van der Waals surface area contributed by atoms with E-state index in [0.717, 1.165) is 15.6 Å². The number of carbonyl (C=O) groups excluding carboxylic acids is 1. The predicted molar refractivity (Wildman–Crippen MR) is 107 cm³/mol. The monoisotopic (exact) mass is 425 g/mol. The molecule has 0 unspecified atom stereocenters. The molecular weight excluding hydrogens is 410 g/mol. The number of fused-ring (bicyclic) bond motifs is 1. The van der Waals surface area contributed by atoms with E-state index in [4.69, 9.17) is 22.1 Å². The number of nitrogen functional groups attached to an aromatic ring is 1. The maximum atomic E-state index is 13.1. The Morgan fingerprint density at radius 1 is 1.26 bits per heavy atom. The lowest BCUT2D eigenvalue weighted by atomic mass is 10.3.